The van der Waals surface area contributed by atoms with Crippen molar-refractivity contribution < 1.29 is 14.3 Å². The zero-order valence-electron chi connectivity index (χ0n) is 12.0. The number of H-pyrrole nitrogens is 1. The zero-order chi connectivity index (χ0) is 14.6. The summed E-state index contributed by atoms with van der Waals surface area (Å²) in [6.45, 7) is 5.46. The Morgan fingerprint density at radius 1 is 1.37 bits per heavy atom. The molecule has 0 radical (unpaired) electrons. The van der Waals surface area contributed by atoms with Crippen molar-refractivity contribution in [1.29, 1.82) is 0 Å². The van der Waals surface area contributed by atoms with Gasteiger partial charge in [0.25, 0.3) is 0 Å². The van der Waals surface area contributed by atoms with Crippen LogP contribution in [0.3, 0.4) is 0 Å². The van der Waals surface area contributed by atoms with Gasteiger partial charge in [-0.15, -0.1) is 0 Å². The number of aromatic amines is 1. The van der Waals surface area contributed by atoms with Gasteiger partial charge in [-0.25, -0.2) is 4.79 Å². The van der Waals surface area contributed by atoms with E-state index in [2.05, 4.69) is 15.0 Å². The molecule has 104 valence electrons. The molecule has 1 heterocycles. The first-order chi connectivity index (χ1) is 8.92. The summed E-state index contributed by atoms with van der Waals surface area (Å²) in [4.78, 5) is 26.0. The van der Waals surface area contributed by atoms with Crippen LogP contribution in [0.15, 0.2) is 17.8 Å². The van der Waals surface area contributed by atoms with Gasteiger partial charge in [0.05, 0.1) is 7.11 Å². The molecular formula is C14H20N2O3. The van der Waals surface area contributed by atoms with Crippen molar-refractivity contribution in [3.05, 3.63) is 29.1 Å². The Hall–Kier alpha value is -2.04. The van der Waals surface area contributed by atoms with Crippen LogP contribution in [0.2, 0.25) is 0 Å². The van der Waals surface area contributed by atoms with E-state index in [0.717, 1.165) is 11.3 Å². The first-order valence-corrected chi connectivity index (χ1v) is 6.12. The molecule has 19 heavy (non-hydrogen) atoms. The number of ketones is 1. The number of hydrogen-bond donors (Lipinski definition) is 2. The van der Waals surface area contributed by atoms with E-state index in [9.17, 15) is 9.59 Å². The highest BCUT2D eigenvalue weighted by Crippen LogP contribution is 2.23. The molecule has 2 N–H and O–H groups in total. The van der Waals surface area contributed by atoms with E-state index in [1.54, 1.807) is 26.2 Å². The van der Waals surface area contributed by atoms with Gasteiger partial charge in [-0.2, -0.15) is 0 Å². The largest absolute Gasteiger partial charge is 0.464 e. The van der Waals surface area contributed by atoms with Gasteiger partial charge < -0.3 is 15.0 Å². The van der Waals surface area contributed by atoms with Crippen molar-refractivity contribution in [3.63, 3.8) is 0 Å². The van der Waals surface area contributed by atoms with Gasteiger partial charge in [-0.05, 0) is 18.9 Å². The maximum atomic E-state index is 11.8. The van der Waals surface area contributed by atoms with Gasteiger partial charge in [0.1, 0.15) is 5.69 Å². The second-order valence-corrected chi connectivity index (χ2v) is 4.54. The first kappa shape index (κ1) is 15.0. The summed E-state index contributed by atoms with van der Waals surface area (Å²) in [5, 5.41) is 3.04. The monoisotopic (exact) mass is 264 g/mol. The second kappa shape index (κ2) is 6.22. The molecule has 0 aliphatic carbocycles. The highest BCUT2D eigenvalue weighted by molar-refractivity contribution is 6.01. The SMILES string of the molecule is CN/C(=C(\C(C)=O)C(C)C)c1c[nH]c(C(=O)OC)c1. The van der Waals surface area contributed by atoms with Crippen molar-refractivity contribution in [1.82, 2.24) is 10.3 Å². The van der Waals surface area contributed by atoms with E-state index >= 15 is 0 Å². The van der Waals surface area contributed by atoms with Gasteiger partial charge in [-0.1, -0.05) is 13.8 Å². The van der Waals surface area contributed by atoms with Crippen LogP contribution in [0.4, 0.5) is 0 Å². The van der Waals surface area contributed by atoms with E-state index in [0.29, 0.717) is 11.3 Å². The predicted molar refractivity (Wildman–Crippen MR) is 73.6 cm³/mol. The van der Waals surface area contributed by atoms with Gasteiger partial charge >= 0.3 is 5.97 Å². The molecule has 0 amide bonds. The predicted octanol–water partition coefficient (Wildman–Crippen LogP) is 1.98. The van der Waals surface area contributed by atoms with Crippen LogP contribution < -0.4 is 5.32 Å². The number of nitrogens with one attached hydrogen (secondary N) is 2. The standard InChI is InChI=1S/C14H20N2O3/c1-8(2)12(9(3)17)13(15-4)10-6-11(16-7-10)14(18)19-5/h6-8,15-16H,1-5H3/b13-12-. The summed E-state index contributed by atoms with van der Waals surface area (Å²) in [7, 11) is 3.08. The molecular weight excluding hydrogens is 244 g/mol. The number of esters is 1. The van der Waals surface area contributed by atoms with Crippen LogP contribution in [0.25, 0.3) is 5.70 Å². The molecule has 0 aliphatic heterocycles. The zero-order valence-corrected chi connectivity index (χ0v) is 12.0. The third-order valence-electron chi connectivity index (χ3n) is 2.85. The van der Waals surface area contributed by atoms with Crippen LogP contribution in [0, 0.1) is 5.92 Å². The molecule has 0 aliphatic rings. The molecule has 0 aromatic carbocycles. The van der Waals surface area contributed by atoms with Gasteiger partial charge in [-0.3, -0.25) is 4.79 Å². The molecule has 1 aromatic rings. The number of rotatable bonds is 5. The maximum Gasteiger partial charge on any atom is 0.354 e. The minimum absolute atomic E-state index is 0.0140. The van der Waals surface area contributed by atoms with Gasteiger partial charge in [0.15, 0.2) is 5.78 Å². The van der Waals surface area contributed by atoms with E-state index in [-0.39, 0.29) is 11.7 Å². The number of Topliss-reactive ketones (excluding diaryl/α,β-unsaturated/α-hetero) is 1. The Kier molecular flexibility index (Phi) is 4.92. The van der Waals surface area contributed by atoms with E-state index in [1.807, 2.05) is 13.8 Å². The lowest BCUT2D eigenvalue weighted by Gasteiger charge is -2.15. The number of carbonyl (C=O) groups excluding carboxylic acids is 2. The fraction of sp³-hybridized carbons (Fsp3) is 0.429. The number of aromatic nitrogens is 1. The third kappa shape index (κ3) is 3.24. The lowest BCUT2D eigenvalue weighted by atomic mass is 9.95. The van der Waals surface area contributed by atoms with Gasteiger partial charge in [0, 0.05) is 30.1 Å². The fourth-order valence-corrected chi connectivity index (χ4v) is 2.07. The van der Waals surface area contributed by atoms with Crippen LogP contribution >= 0.6 is 0 Å². The molecule has 0 bridgehead atoms. The summed E-state index contributed by atoms with van der Waals surface area (Å²) in [6.07, 6.45) is 1.68. The quantitative estimate of drug-likeness (QED) is 0.630. The van der Waals surface area contributed by atoms with Crippen LogP contribution in [0.5, 0.6) is 0 Å². The first-order valence-electron chi connectivity index (χ1n) is 6.12. The molecule has 0 fully saturated rings. The minimum Gasteiger partial charge on any atom is -0.464 e. The van der Waals surface area contributed by atoms with Crippen LogP contribution in [-0.4, -0.2) is 30.9 Å². The second-order valence-electron chi connectivity index (χ2n) is 4.54. The van der Waals surface area contributed by atoms with Crippen molar-refractivity contribution in [3.8, 4) is 0 Å². The summed E-state index contributed by atoms with van der Waals surface area (Å²) in [5.41, 5.74) is 2.56. The number of ether oxygens (including phenoxy) is 1. The Morgan fingerprint density at radius 2 is 2.00 bits per heavy atom. The maximum absolute atomic E-state index is 11.8. The van der Waals surface area contributed by atoms with E-state index in [1.165, 1.54) is 7.11 Å². The highest BCUT2D eigenvalue weighted by atomic mass is 16.5. The Bertz CT molecular complexity index is 513. The Labute approximate surface area is 113 Å². The van der Waals surface area contributed by atoms with E-state index < -0.39 is 5.97 Å². The Balaban J connectivity index is 3.30. The summed E-state index contributed by atoms with van der Waals surface area (Å²) in [5.74, 6) is -0.327. The number of methoxy groups -OCH3 is 1. The number of hydrogen-bond acceptors (Lipinski definition) is 4. The molecule has 1 aromatic heterocycles. The van der Waals surface area contributed by atoms with Crippen LogP contribution in [0.1, 0.15) is 36.8 Å². The molecule has 0 spiro atoms. The van der Waals surface area contributed by atoms with Crippen LogP contribution in [-0.2, 0) is 9.53 Å². The Morgan fingerprint density at radius 3 is 2.42 bits per heavy atom. The topological polar surface area (TPSA) is 71.2 Å². The van der Waals surface area contributed by atoms with Gasteiger partial charge in [0.2, 0.25) is 0 Å². The molecule has 0 saturated carbocycles. The summed E-state index contributed by atoms with van der Waals surface area (Å²) >= 11 is 0. The average Bonchev–Trinajstić information content (AvgIpc) is 2.82. The number of allylic oxidation sites excluding steroid dienone is 1. The minimum atomic E-state index is -0.435. The highest BCUT2D eigenvalue weighted by Gasteiger charge is 2.18. The lowest BCUT2D eigenvalue weighted by molar-refractivity contribution is -0.114. The van der Waals surface area contributed by atoms with Crippen molar-refractivity contribution >= 4 is 17.4 Å². The molecule has 5 heteroatoms. The molecule has 5 nitrogen and oxygen atoms in total. The smallest absolute Gasteiger partial charge is 0.354 e. The fourth-order valence-electron chi connectivity index (χ4n) is 2.07. The normalized spacial score (nSPS) is 12.1. The number of carbonyl (C=O) groups is 2. The van der Waals surface area contributed by atoms with Crippen molar-refractivity contribution in [2.24, 2.45) is 5.92 Å². The molecule has 0 saturated heterocycles. The van der Waals surface area contributed by atoms with E-state index in [4.69, 9.17) is 0 Å². The lowest BCUT2D eigenvalue weighted by Crippen LogP contribution is -2.15. The summed E-state index contributed by atoms with van der Waals surface area (Å²) in [6, 6.07) is 1.67. The average molecular weight is 264 g/mol. The third-order valence-corrected chi connectivity index (χ3v) is 2.85. The molecule has 1 rings (SSSR count). The summed E-state index contributed by atoms with van der Waals surface area (Å²) < 4.78 is 4.64. The molecule has 0 atom stereocenters. The van der Waals surface area contributed by atoms with Crippen molar-refractivity contribution in [2.45, 2.75) is 20.8 Å². The molecule has 0 unspecified atom stereocenters. The van der Waals surface area contributed by atoms with Crippen molar-refractivity contribution in [2.75, 3.05) is 14.2 Å².